The van der Waals surface area contributed by atoms with Crippen molar-refractivity contribution in [3.63, 3.8) is 0 Å². The van der Waals surface area contributed by atoms with Gasteiger partial charge in [-0.15, -0.1) is 0 Å². The van der Waals surface area contributed by atoms with Crippen LogP contribution < -0.4 is 10.5 Å². The van der Waals surface area contributed by atoms with E-state index in [1.165, 1.54) is 0 Å². The molecule has 0 bridgehead atoms. The highest BCUT2D eigenvalue weighted by Crippen LogP contribution is 2.30. The number of para-hydroxylation sites is 1. The quantitative estimate of drug-likeness (QED) is 0.351. The molecule has 186 valence electrons. The van der Waals surface area contributed by atoms with E-state index in [1.807, 2.05) is 0 Å². The lowest BCUT2D eigenvalue weighted by Gasteiger charge is -2.15. The number of ether oxygens (including phenoxy) is 2. The number of carboxylic acid groups (broad SMARTS) is 1. The van der Waals surface area contributed by atoms with Gasteiger partial charge in [-0.3, -0.25) is 4.79 Å². The minimum atomic E-state index is -4.48. The highest BCUT2D eigenvalue weighted by molar-refractivity contribution is 5.71. The largest absolute Gasteiger partial charge is 0.489 e. The summed E-state index contributed by atoms with van der Waals surface area (Å²) in [6, 6.07) is 15.7. The lowest BCUT2D eigenvalue weighted by atomic mass is 9.96. The highest BCUT2D eigenvalue weighted by Gasteiger charge is 2.27. The molecule has 0 spiro atoms. The van der Waals surface area contributed by atoms with Gasteiger partial charge in [-0.25, -0.2) is 4.39 Å². The molecule has 5 nitrogen and oxygen atoms in total. The first-order chi connectivity index (χ1) is 16.5. The first-order valence-electron chi connectivity index (χ1n) is 10.8. The van der Waals surface area contributed by atoms with E-state index >= 15 is 4.39 Å². The molecule has 0 aliphatic carbocycles. The van der Waals surface area contributed by atoms with Crippen LogP contribution in [0.4, 0.5) is 17.6 Å². The Morgan fingerprint density at radius 1 is 1.03 bits per heavy atom. The topological polar surface area (TPSA) is 81.8 Å². The first kappa shape index (κ1) is 26.2. The number of alkyl halides is 3. The van der Waals surface area contributed by atoms with Gasteiger partial charge in [-0.05, 0) is 41.8 Å². The van der Waals surface area contributed by atoms with Gasteiger partial charge in [-0.1, -0.05) is 42.5 Å². The van der Waals surface area contributed by atoms with Crippen molar-refractivity contribution in [2.75, 3.05) is 6.61 Å². The van der Waals surface area contributed by atoms with E-state index in [0.29, 0.717) is 33.6 Å². The molecule has 0 amide bonds. The Morgan fingerprint density at radius 3 is 2.37 bits per heavy atom. The summed E-state index contributed by atoms with van der Waals surface area (Å²) in [5, 5.41) is 9.11. The van der Waals surface area contributed by atoms with Crippen molar-refractivity contribution in [3.8, 4) is 16.9 Å². The van der Waals surface area contributed by atoms with Crippen molar-refractivity contribution >= 4 is 5.97 Å². The van der Waals surface area contributed by atoms with Gasteiger partial charge in [0.1, 0.15) is 24.8 Å². The van der Waals surface area contributed by atoms with Crippen LogP contribution in [0.2, 0.25) is 0 Å². The monoisotopic (exact) mass is 491 g/mol. The molecule has 0 saturated carbocycles. The molecule has 0 heterocycles. The van der Waals surface area contributed by atoms with E-state index in [4.69, 9.17) is 20.3 Å². The number of carboxylic acids is 1. The molecule has 0 aliphatic heterocycles. The van der Waals surface area contributed by atoms with Gasteiger partial charge in [0.2, 0.25) is 0 Å². The van der Waals surface area contributed by atoms with Crippen LogP contribution in [-0.4, -0.2) is 23.9 Å². The maximum absolute atomic E-state index is 15.2. The zero-order chi connectivity index (χ0) is 25.6. The number of carbonyl (C=O) groups is 1. The molecule has 0 aromatic heterocycles. The molecule has 0 radical (unpaired) electrons. The predicted molar refractivity (Wildman–Crippen MR) is 122 cm³/mol. The third-order valence-corrected chi connectivity index (χ3v) is 5.13. The number of hydrogen-bond acceptors (Lipinski definition) is 4. The van der Waals surface area contributed by atoms with Crippen molar-refractivity contribution in [1.82, 2.24) is 0 Å². The van der Waals surface area contributed by atoms with E-state index in [-0.39, 0.29) is 25.2 Å². The van der Waals surface area contributed by atoms with E-state index in [1.54, 1.807) is 67.6 Å². The molecule has 35 heavy (non-hydrogen) atoms. The van der Waals surface area contributed by atoms with E-state index < -0.39 is 30.6 Å². The number of nitrogens with two attached hydrogens (primary N) is 1. The molecule has 3 aromatic rings. The van der Waals surface area contributed by atoms with Crippen molar-refractivity contribution < 1.29 is 36.9 Å². The molecular weight excluding hydrogens is 466 g/mol. The summed E-state index contributed by atoms with van der Waals surface area (Å²) in [6.07, 6.45) is -4.71. The Labute approximate surface area is 200 Å². The number of halogens is 4. The zero-order valence-corrected chi connectivity index (χ0v) is 18.9. The number of rotatable bonds is 10. The highest BCUT2D eigenvalue weighted by atomic mass is 19.4. The lowest BCUT2D eigenvalue weighted by Crippen LogP contribution is -2.16. The second-order valence-corrected chi connectivity index (χ2v) is 8.11. The summed E-state index contributed by atoms with van der Waals surface area (Å²) >= 11 is 0. The molecule has 0 aliphatic rings. The Bertz CT molecular complexity index is 1180. The van der Waals surface area contributed by atoms with Gasteiger partial charge in [0, 0.05) is 22.7 Å². The molecular formula is C26H25F4NO4. The van der Waals surface area contributed by atoms with Crippen molar-refractivity contribution in [2.45, 2.75) is 38.8 Å². The van der Waals surface area contributed by atoms with Gasteiger partial charge in [0.25, 0.3) is 0 Å². The Kier molecular flexibility index (Phi) is 8.48. The van der Waals surface area contributed by atoms with Crippen LogP contribution in [0.5, 0.6) is 5.75 Å². The summed E-state index contributed by atoms with van der Waals surface area (Å²) in [6.45, 7) is -0.131. The van der Waals surface area contributed by atoms with Crippen LogP contribution in [-0.2, 0) is 29.2 Å². The zero-order valence-electron chi connectivity index (χ0n) is 18.9. The third kappa shape index (κ3) is 7.53. The van der Waals surface area contributed by atoms with Crippen LogP contribution in [0.25, 0.3) is 11.1 Å². The molecule has 3 aromatic carbocycles. The van der Waals surface area contributed by atoms with Crippen molar-refractivity contribution in [2.24, 2.45) is 5.73 Å². The summed E-state index contributed by atoms with van der Waals surface area (Å²) in [4.78, 5) is 11.1. The summed E-state index contributed by atoms with van der Waals surface area (Å²) < 4.78 is 63.4. The molecule has 3 rings (SSSR count). The fourth-order valence-corrected chi connectivity index (χ4v) is 3.61. The van der Waals surface area contributed by atoms with Crippen LogP contribution in [0, 0.1) is 5.82 Å². The van der Waals surface area contributed by atoms with Crippen LogP contribution in [0.15, 0.2) is 60.7 Å². The second kappa shape index (κ2) is 11.3. The minimum absolute atomic E-state index is 0.0225. The molecule has 3 N–H and O–H groups in total. The normalized spacial score (nSPS) is 12.4. The molecule has 9 heteroatoms. The van der Waals surface area contributed by atoms with Gasteiger partial charge in [-0.2, -0.15) is 13.2 Å². The number of benzene rings is 3. The lowest BCUT2D eigenvalue weighted by molar-refractivity contribution is -0.176. The summed E-state index contributed by atoms with van der Waals surface area (Å²) in [5.74, 6) is -1.17. The van der Waals surface area contributed by atoms with Crippen LogP contribution in [0.3, 0.4) is 0 Å². The fraction of sp³-hybridized carbons (Fsp3) is 0.269. The van der Waals surface area contributed by atoms with Crippen LogP contribution in [0.1, 0.15) is 35.2 Å². The Hall–Kier alpha value is -3.43. The maximum atomic E-state index is 15.2. The van der Waals surface area contributed by atoms with Gasteiger partial charge in [0.05, 0.1) is 13.0 Å². The molecule has 0 saturated heterocycles. The number of aliphatic carboxylic acids is 1. The summed E-state index contributed by atoms with van der Waals surface area (Å²) in [5.41, 5.74) is 8.25. The van der Waals surface area contributed by atoms with Gasteiger partial charge < -0.3 is 20.3 Å². The summed E-state index contributed by atoms with van der Waals surface area (Å²) in [7, 11) is 0. The average molecular weight is 491 g/mol. The van der Waals surface area contributed by atoms with Crippen molar-refractivity contribution in [1.29, 1.82) is 0 Å². The minimum Gasteiger partial charge on any atom is -0.489 e. The van der Waals surface area contributed by atoms with E-state index in [9.17, 15) is 18.0 Å². The SMILES string of the molecule is C[C@@H](N)c1cccc(-c2cc(COCC(F)(F)F)cc(COc3ccccc3CC(=O)O)c2)c1F. The first-order valence-corrected chi connectivity index (χ1v) is 10.8. The average Bonchev–Trinajstić information content (AvgIpc) is 2.77. The van der Waals surface area contributed by atoms with Gasteiger partial charge >= 0.3 is 12.1 Å². The standard InChI is InChI=1S/C26H25F4NO4/c1-16(31)21-6-4-7-22(25(21)27)20-10-17(13-34-15-26(28,29)30)9-18(11-20)14-35-23-8-3-2-5-19(23)12-24(32)33/h2-11,16H,12-15,31H2,1H3,(H,32,33)/t16-/m1/s1. The van der Waals surface area contributed by atoms with Crippen LogP contribution >= 0.6 is 0 Å². The Balaban J connectivity index is 1.93. The smallest absolute Gasteiger partial charge is 0.411 e. The second-order valence-electron chi connectivity index (χ2n) is 8.11. The van der Waals surface area contributed by atoms with Crippen molar-refractivity contribution in [3.05, 3.63) is 88.7 Å². The molecule has 1 atom stereocenters. The fourth-order valence-electron chi connectivity index (χ4n) is 3.61. The maximum Gasteiger partial charge on any atom is 0.411 e. The Morgan fingerprint density at radius 2 is 1.71 bits per heavy atom. The third-order valence-electron chi connectivity index (χ3n) is 5.13. The molecule has 0 unspecified atom stereocenters. The number of hydrogen-bond donors (Lipinski definition) is 2. The van der Waals surface area contributed by atoms with E-state index in [2.05, 4.69) is 0 Å². The van der Waals surface area contributed by atoms with E-state index in [0.717, 1.165) is 0 Å². The van der Waals surface area contributed by atoms with Gasteiger partial charge in [0.15, 0.2) is 0 Å². The molecule has 0 fully saturated rings. The predicted octanol–water partition coefficient (Wildman–Crippen LogP) is 5.80.